The summed E-state index contributed by atoms with van der Waals surface area (Å²) >= 11 is 0. The predicted molar refractivity (Wildman–Crippen MR) is 71.3 cm³/mol. The second-order valence-corrected chi connectivity index (χ2v) is 12.2. The van der Waals surface area contributed by atoms with Crippen LogP contribution in [-0.2, 0) is 9.16 Å². The normalized spacial score (nSPS) is 22.3. The lowest BCUT2D eigenvalue weighted by atomic mass is 9.89. The van der Waals surface area contributed by atoms with Crippen LogP contribution in [0.15, 0.2) is 0 Å². The van der Waals surface area contributed by atoms with Crippen LogP contribution >= 0.6 is 0 Å². The van der Waals surface area contributed by atoms with E-state index < -0.39 is 8.32 Å². The third-order valence-corrected chi connectivity index (χ3v) is 8.29. The first kappa shape index (κ1) is 14.2. The topological polar surface area (TPSA) is 21.8 Å². The minimum Gasteiger partial charge on any atom is -0.416 e. The zero-order valence-electron chi connectivity index (χ0n) is 12.0. The Balaban J connectivity index is 2.42. The van der Waals surface area contributed by atoms with E-state index in [0.717, 1.165) is 19.6 Å². The van der Waals surface area contributed by atoms with Crippen LogP contribution in [0.25, 0.3) is 0 Å². The van der Waals surface area contributed by atoms with Crippen molar-refractivity contribution >= 4 is 8.32 Å². The monoisotopic (exact) mass is 244 g/mol. The highest BCUT2D eigenvalue weighted by atomic mass is 28.4. The number of epoxide rings is 1. The van der Waals surface area contributed by atoms with Gasteiger partial charge >= 0.3 is 0 Å². The van der Waals surface area contributed by atoms with E-state index in [1.807, 2.05) is 0 Å². The maximum absolute atomic E-state index is 6.27. The lowest BCUT2D eigenvalue weighted by molar-refractivity contribution is 0.144. The van der Waals surface area contributed by atoms with Crippen molar-refractivity contribution in [1.29, 1.82) is 0 Å². The molecule has 3 heteroatoms. The van der Waals surface area contributed by atoms with Gasteiger partial charge in [0.2, 0.25) is 0 Å². The molecule has 0 spiro atoms. The molecule has 0 N–H and O–H groups in total. The highest BCUT2D eigenvalue weighted by Crippen LogP contribution is 2.38. The van der Waals surface area contributed by atoms with Gasteiger partial charge in [-0.1, -0.05) is 34.6 Å². The van der Waals surface area contributed by atoms with Crippen molar-refractivity contribution in [1.82, 2.24) is 0 Å². The molecule has 1 aliphatic rings. The van der Waals surface area contributed by atoms with Crippen LogP contribution in [0, 0.1) is 5.41 Å². The van der Waals surface area contributed by atoms with E-state index in [4.69, 9.17) is 9.16 Å². The molecule has 0 radical (unpaired) electrons. The van der Waals surface area contributed by atoms with Crippen molar-refractivity contribution in [2.24, 2.45) is 5.41 Å². The second-order valence-electron chi connectivity index (χ2n) is 7.37. The highest BCUT2D eigenvalue weighted by Gasteiger charge is 2.39. The Morgan fingerprint density at radius 2 is 1.69 bits per heavy atom. The quantitative estimate of drug-likeness (QED) is 0.541. The first-order valence-corrected chi connectivity index (χ1v) is 9.20. The van der Waals surface area contributed by atoms with E-state index in [2.05, 4.69) is 47.7 Å². The van der Waals surface area contributed by atoms with Crippen LogP contribution < -0.4 is 0 Å². The van der Waals surface area contributed by atoms with E-state index in [1.54, 1.807) is 0 Å². The van der Waals surface area contributed by atoms with Crippen LogP contribution in [0.1, 0.15) is 41.0 Å². The van der Waals surface area contributed by atoms with Gasteiger partial charge in [0.25, 0.3) is 0 Å². The zero-order chi connectivity index (χ0) is 12.6. The van der Waals surface area contributed by atoms with Crippen LogP contribution in [0.5, 0.6) is 0 Å². The average Bonchev–Trinajstić information content (AvgIpc) is 2.82. The molecule has 1 aliphatic heterocycles. The number of rotatable bonds is 5. The van der Waals surface area contributed by atoms with E-state index in [1.165, 1.54) is 0 Å². The Bertz CT molecular complexity index is 237. The van der Waals surface area contributed by atoms with Crippen molar-refractivity contribution < 1.29 is 9.16 Å². The van der Waals surface area contributed by atoms with Crippen molar-refractivity contribution in [2.45, 2.75) is 65.3 Å². The fraction of sp³-hybridized carbons (Fsp3) is 1.00. The molecule has 0 aromatic rings. The molecule has 1 saturated heterocycles. The summed E-state index contributed by atoms with van der Waals surface area (Å²) < 4.78 is 11.6. The Morgan fingerprint density at radius 3 is 2.06 bits per heavy atom. The van der Waals surface area contributed by atoms with Crippen molar-refractivity contribution in [3.63, 3.8) is 0 Å². The van der Waals surface area contributed by atoms with E-state index in [-0.39, 0.29) is 5.41 Å². The molecule has 1 fully saturated rings. The van der Waals surface area contributed by atoms with Gasteiger partial charge in [0.1, 0.15) is 0 Å². The van der Waals surface area contributed by atoms with Gasteiger partial charge in [-0.25, -0.2) is 0 Å². The molecule has 0 aromatic carbocycles. The summed E-state index contributed by atoms with van der Waals surface area (Å²) in [5, 5.41) is 0.305. The van der Waals surface area contributed by atoms with Crippen molar-refractivity contribution in [3.8, 4) is 0 Å². The molecule has 1 heterocycles. The van der Waals surface area contributed by atoms with Crippen molar-refractivity contribution in [2.75, 3.05) is 13.2 Å². The fourth-order valence-electron chi connectivity index (χ4n) is 1.45. The molecule has 0 amide bonds. The molecule has 1 rings (SSSR count). The lowest BCUT2D eigenvalue weighted by Crippen LogP contribution is -2.43. The molecule has 2 nitrogen and oxygen atoms in total. The Hall–Kier alpha value is 0.137. The predicted octanol–water partition coefficient (Wildman–Crippen LogP) is 3.82. The SMILES string of the molecule is CC(C)(CO[Si](C)(C)C(C)(C)C)CC1CO1. The van der Waals surface area contributed by atoms with Gasteiger partial charge < -0.3 is 9.16 Å². The number of hydrogen-bond donors (Lipinski definition) is 0. The van der Waals surface area contributed by atoms with Crippen LogP contribution in [0.3, 0.4) is 0 Å². The molecule has 96 valence electrons. The number of ether oxygens (including phenoxy) is 1. The molecule has 1 unspecified atom stereocenters. The molecule has 0 aromatic heterocycles. The summed E-state index contributed by atoms with van der Waals surface area (Å²) in [6.07, 6.45) is 1.62. The molecule has 0 saturated carbocycles. The fourth-order valence-corrected chi connectivity index (χ4v) is 2.64. The summed E-state index contributed by atoms with van der Waals surface area (Å²) in [6, 6.07) is 0. The van der Waals surface area contributed by atoms with Gasteiger partial charge in [-0.2, -0.15) is 0 Å². The maximum Gasteiger partial charge on any atom is 0.192 e. The summed E-state index contributed by atoms with van der Waals surface area (Å²) in [7, 11) is -1.59. The maximum atomic E-state index is 6.27. The molecular formula is C13H28O2Si. The van der Waals surface area contributed by atoms with Gasteiger partial charge in [-0.05, 0) is 30.0 Å². The summed E-state index contributed by atoms with van der Waals surface area (Å²) in [6.45, 7) is 17.9. The minimum absolute atomic E-state index is 0.247. The van der Waals surface area contributed by atoms with Crippen LogP contribution in [0.2, 0.25) is 18.1 Å². The lowest BCUT2D eigenvalue weighted by Gasteiger charge is -2.39. The standard InChI is InChI=1S/C13H28O2Si/c1-12(2,3)16(6,7)15-10-13(4,5)8-11-9-14-11/h11H,8-10H2,1-7H3. The molecule has 0 bridgehead atoms. The molecular weight excluding hydrogens is 216 g/mol. The van der Waals surface area contributed by atoms with Gasteiger partial charge in [0.15, 0.2) is 8.32 Å². The molecule has 1 atom stereocenters. The van der Waals surface area contributed by atoms with Crippen molar-refractivity contribution in [3.05, 3.63) is 0 Å². The Kier molecular flexibility index (Phi) is 3.93. The Labute approximate surface area is 102 Å². The smallest absolute Gasteiger partial charge is 0.192 e. The van der Waals surface area contributed by atoms with E-state index in [0.29, 0.717) is 11.1 Å². The van der Waals surface area contributed by atoms with E-state index in [9.17, 15) is 0 Å². The molecule has 16 heavy (non-hydrogen) atoms. The largest absolute Gasteiger partial charge is 0.416 e. The second kappa shape index (κ2) is 4.43. The third-order valence-electron chi connectivity index (χ3n) is 3.81. The van der Waals surface area contributed by atoms with Gasteiger partial charge in [0, 0.05) is 6.61 Å². The summed E-state index contributed by atoms with van der Waals surface area (Å²) in [5.41, 5.74) is 0.247. The van der Waals surface area contributed by atoms with E-state index >= 15 is 0 Å². The summed E-state index contributed by atoms with van der Waals surface area (Å²) in [4.78, 5) is 0. The van der Waals surface area contributed by atoms with Gasteiger partial charge in [-0.15, -0.1) is 0 Å². The molecule has 0 aliphatic carbocycles. The average molecular weight is 244 g/mol. The van der Waals surface area contributed by atoms with Gasteiger partial charge in [0.05, 0.1) is 12.7 Å². The van der Waals surface area contributed by atoms with Crippen LogP contribution in [0.4, 0.5) is 0 Å². The first-order chi connectivity index (χ1) is 7.04. The third kappa shape index (κ3) is 4.19. The van der Waals surface area contributed by atoms with Crippen LogP contribution in [-0.4, -0.2) is 27.6 Å². The minimum atomic E-state index is -1.59. The highest BCUT2D eigenvalue weighted by molar-refractivity contribution is 6.74. The number of hydrogen-bond acceptors (Lipinski definition) is 2. The first-order valence-electron chi connectivity index (χ1n) is 6.29. The van der Waals surface area contributed by atoms with Gasteiger partial charge in [-0.3, -0.25) is 0 Å². The zero-order valence-corrected chi connectivity index (χ0v) is 13.0. The Morgan fingerprint density at radius 1 is 1.19 bits per heavy atom. The summed E-state index contributed by atoms with van der Waals surface area (Å²) in [5.74, 6) is 0.